The van der Waals surface area contributed by atoms with Gasteiger partial charge in [0.25, 0.3) is 0 Å². The van der Waals surface area contributed by atoms with Crippen LogP contribution in [-0.4, -0.2) is 19.0 Å². The lowest BCUT2D eigenvalue weighted by Crippen LogP contribution is -1.94. The molecule has 0 fully saturated rings. The molecule has 0 aliphatic heterocycles. The van der Waals surface area contributed by atoms with Crippen molar-refractivity contribution in [1.29, 1.82) is 0 Å². The average Bonchev–Trinajstić information content (AvgIpc) is 2.09. The Bertz CT molecular complexity index is 154. The summed E-state index contributed by atoms with van der Waals surface area (Å²) >= 11 is 0. The molecule has 0 aromatic rings. The summed E-state index contributed by atoms with van der Waals surface area (Å²) in [6.45, 7) is 6.36. The van der Waals surface area contributed by atoms with E-state index in [2.05, 4.69) is 13.8 Å². The first-order valence-electron chi connectivity index (χ1n) is 5.68. The van der Waals surface area contributed by atoms with Crippen molar-refractivity contribution in [2.45, 2.75) is 52.4 Å². The molecule has 0 aromatic carbocycles. The maximum absolute atomic E-state index is 11.9. The van der Waals surface area contributed by atoms with Crippen LogP contribution in [0.3, 0.4) is 0 Å². The highest BCUT2D eigenvalue weighted by Gasteiger charge is 2.12. The van der Waals surface area contributed by atoms with E-state index in [0.29, 0.717) is 0 Å². The summed E-state index contributed by atoms with van der Waals surface area (Å²) in [4.78, 5) is 0. The zero-order chi connectivity index (χ0) is 10.2. The van der Waals surface area contributed by atoms with E-state index in [9.17, 15) is 4.57 Å². The molecule has 0 radical (unpaired) electrons. The van der Waals surface area contributed by atoms with E-state index in [1.807, 2.05) is 6.66 Å². The molecule has 1 unspecified atom stereocenters. The van der Waals surface area contributed by atoms with Crippen molar-refractivity contribution < 1.29 is 4.57 Å². The molecule has 0 amide bonds. The molecule has 0 aliphatic rings. The second-order valence-electron chi connectivity index (χ2n) is 4.16. The van der Waals surface area contributed by atoms with Gasteiger partial charge in [-0.3, -0.25) is 0 Å². The van der Waals surface area contributed by atoms with Crippen molar-refractivity contribution in [2.75, 3.05) is 19.0 Å². The van der Waals surface area contributed by atoms with E-state index in [0.717, 1.165) is 18.7 Å². The summed E-state index contributed by atoms with van der Waals surface area (Å²) < 4.78 is 11.9. The van der Waals surface area contributed by atoms with Crippen molar-refractivity contribution in [3.05, 3.63) is 0 Å². The third-order valence-electron chi connectivity index (χ3n) is 2.47. The maximum Gasteiger partial charge on any atom is 0.0848 e. The second kappa shape index (κ2) is 7.62. The maximum atomic E-state index is 11.9. The first-order chi connectivity index (χ1) is 6.12. The number of hydrogen-bond acceptors (Lipinski definition) is 1. The summed E-state index contributed by atoms with van der Waals surface area (Å²) in [6, 6.07) is 0. The summed E-state index contributed by atoms with van der Waals surface area (Å²) in [7, 11) is -1.75. The highest BCUT2D eigenvalue weighted by Crippen LogP contribution is 2.42. The van der Waals surface area contributed by atoms with E-state index in [-0.39, 0.29) is 0 Å². The Hall–Kier alpha value is 0.230. The molecule has 0 heterocycles. The number of unbranched alkanes of at least 4 members (excludes halogenated alkanes) is 4. The zero-order valence-corrected chi connectivity index (χ0v) is 10.4. The fourth-order valence-electron chi connectivity index (χ4n) is 1.48. The zero-order valence-electron chi connectivity index (χ0n) is 9.51. The van der Waals surface area contributed by atoms with E-state index < -0.39 is 7.14 Å². The molecule has 0 bridgehead atoms. The Labute approximate surface area is 83.7 Å². The van der Waals surface area contributed by atoms with Crippen LogP contribution in [0.25, 0.3) is 0 Å². The molecule has 1 atom stereocenters. The standard InChI is InChI=1S/C11H25OP/c1-4-6-8-9-11-13(3,12)10-7-5-2/h4-11H2,1-3H3. The monoisotopic (exact) mass is 204 g/mol. The highest BCUT2D eigenvalue weighted by atomic mass is 31.2. The van der Waals surface area contributed by atoms with E-state index >= 15 is 0 Å². The Morgan fingerprint density at radius 2 is 1.38 bits per heavy atom. The number of rotatable bonds is 8. The molecule has 0 rings (SSSR count). The highest BCUT2D eigenvalue weighted by molar-refractivity contribution is 7.63. The molecule has 0 saturated heterocycles. The van der Waals surface area contributed by atoms with Crippen molar-refractivity contribution in [1.82, 2.24) is 0 Å². The second-order valence-corrected chi connectivity index (χ2v) is 7.65. The van der Waals surface area contributed by atoms with E-state index in [1.165, 1.54) is 32.1 Å². The quantitative estimate of drug-likeness (QED) is 0.424. The molecular formula is C11H25OP. The van der Waals surface area contributed by atoms with Crippen molar-refractivity contribution in [3.8, 4) is 0 Å². The molecular weight excluding hydrogens is 179 g/mol. The predicted molar refractivity (Wildman–Crippen MR) is 62.3 cm³/mol. The van der Waals surface area contributed by atoms with Gasteiger partial charge in [0, 0.05) is 12.3 Å². The summed E-state index contributed by atoms with van der Waals surface area (Å²) in [5, 5.41) is 0. The minimum Gasteiger partial charge on any atom is -0.324 e. The number of hydrogen-bond donors (Lipinski definition) is 0. The SMILES string of the molecule is CCCCCCP(C)(=O)CCCC. The Morgan fingerprint density at radius 3 is 1.92 bits per heavy atom. The minimum atomic E-state index is -1.75. The van der Waals surface area contributed by atoms with Gasteiger partial charge in [0.1, 0.15) is 0 Å². The third kappa shape index (κ3) is 8.56. The van der Waals surface area contributed by atoms with Gasteiger partial charge in [-0.05, 0) is 19.5 Å². The molecule has 2 heteroatoms. The topological polar surface area (TPSA) is 17.1 Å². The van der Waals surface area contributed by atoms with Gasteiger partial charge in [0.05, 0.1) is 7.14 Å². The Kier molecular flexibility index (Phi) is 7.75. The third-order valence-corrected chi connectivity index (χ3v) is 4.99. The van der Waals surface area contributed by atoms with Gasteiger partial charge in [-0.25, -0.2) is 0 Å². The molecule has 0 saturated carbocycles. The van der Waals surface area contributed by atoms with Crippen molar-refractivity contribution >= 4 is 7.14 Å². The summed E-state index contributed by atoms with van der Waals surface area (Å²) in [6.07, 6.45) is 9.26. The first kappa shape index (κ1) is 13.2. The van der Waals surface area contributed by atoms with E-state index in [1.54, 1.807) is 0 Å². The predicted octanol–water partition coefficient (Wildman–Crippen LogP) is 4.36. The first-order valence-corrected chi connectivity index (χ1v) is 8.20. The van der Waals surface area contributed by atoms with E-state index in [4.69, 9.17) is 0 Å². The minimum absolute atomic E-state index is 0.968. The van der Waals surface area contributed by atoms with Crippen LogP contribution in [0.15, 0.2) is 0 Å². The van der Waals surface area contributed by atoms with Gasteiger partial charge >= 0.3 is 0 Å². The van der Waals surface area contributed by atoms with Crippen LogP contribution in [0.2, 0.25) is 0 Å². The largest absolute Gasteiger partial charge is 0.324 e. The van der Waals surface area contributed by atoms with Crippen LogP contribution in [-0.2, 0) is 4.57 Å². The molecule has 0 spiro atoms. The van der Waals surface area contributed by atoms with Gasteiger partial charge < -0.3 is 4.57 Å². The van der Waals surface area contributed by atoms with Crippen LogP contribution >= 0.6 is 7.14 Å². The van der Waals surface area contributed by atoms with Gasteiger partial charge in [0.15, 0.2) is 0 Å². The van der Waals surface area contributed by atoms with Gasteiger partial charge in [-0.15, -0.1) is 0 Å². The van der Waals surface area contributed by atoms with Gasteiger partial charge in [-0.2, -0.15) is 0 Å². The fourth-order valence-corrected chi connectivity index (χ4v) is 3.58. The molecule has 0 aromatic heterocycles. The fraction of sp³-hybridized carbons (Fsp3) is 1.00. The molecule has 1 nitrogen and oxygen atoms in total. The Balaban J connectivity index is 3.45. The summed E-state index contributed by atoms with van der Waals surface area (Å²) in [5.74, 6) is 0. The van der Waals surface area contributed by atoms with Crippen LogP contribution in [0.1, 0.15) is 52.4 Å². The van der Waals surface area contributed by atoms with Crippen LogP contribution in [0.4, 0.5) is 0 Å². The van der Waals surface area contributed by atoms with Gasteiger partial charge in [-0.1, -0.05) is 39.5 Å². The smallest absolute Gasteiger partial charge is 0.0848 e. The lowest BCUT2D eigenvalue weighted by molar-refractivity contribution is 0.572. The van der Waals surface area contributed by atoms with Crippen molar-refractivity contribution in [3.63, 3.8) is 0 Å². The normalized spacial score (nSPS) is 15.6. The summed E-state index contributed by atoms with van der Waals surface area (Å²) in [5.41, 5.74) is 0. The molecule has 13 heavy (non-hydrogen) atoms. The van der Waals surface area contributed by atoms with Crippen LogP contribution in [0, 0.1) is 0 Å². The van der Waals surface area contributed by atoms with Crippen molar-refractivity contribution in [2.24, 2.45) is 0 Å². The van der Waals surface area contributed by atoms with Gasteiger partial charge in [0.2, 0.25) is 0 Å². The molecule has 0 N–H and O–H groups in total. The molecule has 0 aliphatic carbocycles. The van der Waals surface area contributed by atoms with Crippen LogP contribution < -0.4 is 0 Å². The lowest BCUT2D eigenvalue weighted by atomic mass is 10.2. The Morgan fingerprint density at radius 1 is 0.846 bits per heavy atom. The average molecular weight is 204 g/mol. The van der Waals surface area contributed by atoms with Crippen LogP contribution in [0.5, 0.6) is 0 Å². The lowest BCUT2D eigenvalue weighted by Gasteiger charge is -2.11. The molecule has 80 valence electrons.